The fraction of sp³-hybridized carbons (Fsp3) is 0.125. The Morgan fingerprint density at radius 2 is 1.81 bits per heavy atom. The maximum atomic E-state index is 13.5. The number of rotatable bonds is 7. The second kappa shape index (κ2) is 9.21. The summed E-state index contributed by atoms with van der Waals surface area (Å²) < 4.78 is 24.5. The van der Waals surface area contributed by atoms with Crippen LogP contribution >= 0.6 is 0 Å². The molecule has 1 N–H and O–H groups in total. The van der Waals surface area contributed by atoms with Gasteiger partial charge in [-0.25, -0.2) is 9.18 Å². The summed E-state index contributed by atoms with van der Waals surface area (Å²) in [5, 5.41) is 11.7. The number of carbonyl (C=O) groups is 1. The number of aromatic nitrogens is 2. The lowest BCUT2D eigenvalue weighted by Crippen LogP contribution is -2.14. The van der Waals surface area contributed by atoms with Crippen molar-refractivity contribution < 1.29 is 18.3 Å². The van der Waals surface area contributed by atoms with Gasteiger partial charge in [0.2, 0.25) is 11.8 Å². The minimum absolute atomic E-state index is 0.291. The number of benzene rings is 3. The number of carbonyl (C=O) groups excluding carboxylic acids is 1. The first-order valence-electron chi connectivity index (χ1n) is 9.82. The Morgan fingerprint density at radius 3 is 2.55 bits per heavy atom. The molecule has 0 aliphatic heterocycles. The first-order valence-corrected chi connectivity index (χ1v) is 9.82. The maximum absolute atomic E-state index is 13.5. The third kappa shape index (κ3) is 4.78. The molecule has 0 saturated heterocycles. The van der Waals surface area contributed by atoms with E-state index >= 15 is 0 Å². The average Bonchev–Trinajstić information content (AvgIpc) is 3.29. The van der Waals surface area contributed by atoms with Crippen LogP contribution in [-0.2, 0) is 4.74 Å². The normalized spacial score (nSPS) is 11.7. The van der Waals surface area contributed by atoms with E-state index in [0.717, 1.165) is 11.1 Å². The van der Waals surface area contributed by atoms with E-state index in [1.165, 1.54) is 12.1 Å². The smallest absolute Gasteiger partial charge is 0.338 e. The standard InChI is InChI=1S/C24H20FN3O3/c1-2-30-24(29)18-9-6-10-20(15-18)26-21(16-11-13-19(25)14-12-16)23-28-27-22(31-23)17-7-4-3-5-8-17/h3-15,21,26H,2H2,1H3/t21-/m0/s1. The van der Waals surface area contributed by atoms with Gasteiger partial charge in [0.1, 0.15) is 11.9 Å². The monoisotopic (exact) mass is 417 g/mol. The molecule has 1 aromatic heterocycles. The number of halogens is 1. The lowest BCUT2D eigenvalue weighted by atomic mass is 10.1. The van der Waals surface area contributed by atoms with E-state index < -0.39 is 12.0 Å². The van der Waals surface area contributed by atoms with Crippen molar-refractivity contribution in [1.82, 2.24) is 10.2 Å². The fourth-order valence-corrected chi connectivity index (χ4v) is 3.11. The maximum Gasteiger partial charge on any atom is 0.338 e. The molecule has 156 valence electrons. The second-order valence-electron chi connectivity index (χ2n) is 6.74. The minimum Gasteiger partial charge on any atom is -0.462 e. The van der Waals surface area contributed by atoms with Gasteiger partial charge in [-0.2, -0.15) is 0 Å². The molecule has 0 amide bonds. The van der Waals surface area contributed by atoms with E-state index in [9.17, 15) is 9.18 Å². The Hall–Kier alpha value is -4.00. The summed E-state index contributed by atoms with van der Waals surface area (Å²) in [5.74, 6) is -0.0623. The van der Waals surface area contributed by atoms with E-state index in [4.69, 9.17) is 9.15 Å². The van der Waals surface area contributed by atoms with Gasteiger partial charge in [0.25, 0.3) is 0 Å². The molecule has 0 aliphatic carbocycles. The molecule has 0 saturated carbocycles. The SMILES string of the molecule is CCOC(=O)c1cccc(N[C@@H](c2ccc(F)cc2)c2nnc(-c3ccccc3)o2)c1. The molecule has 0 unspecified atom stereocenters. The van der Waals surface area contributed by atoms with Gasteiger partial charge in [-0.1, -0.05) is 36.4 Å². The Bertz CT molecular complexity index is 1160. The largest absolute Gasteiger partial charge is 0.462 e. The van der Waals surface area contributed by atoms with Gasteiger partial charge in [-0.05, 0) is 55.0 Å². The Labute approximate surface area is 178 Å². The van der Waals surface area contributed by atoms with Gasteiger partial charge >= 0.3 is 5.97 Å². The molecule has 0 spiro atoms. The highest BCUT2D eigenvalue weighted by atomic mass is 19.1. The fourth-order valence-electron chi connectivity index (χ4n) is 3.11. The Kier molecular flexibility index (Phi) is 6.03. The Balaban J connectivity index is 1.68. The summed E-state index contributed by atoms with van der Waals surface area (Å²) in [5.41, 5.74) is 2.59. The summed E-state index contributed by atoms with van der Waals surface area (Å²) >= 11 is 0. The van der Waals surface area contributed by atoms with Crippen LogP contribution in [0.25, 0.3) is 11.5 Å². The van der Waals surface area contributed by atoms with E-state index in [2.05, 4.69) is 15.5 Å². The third-order valence-corrected chi connectivity index (χ3v) is 4.60. The van der Waals surface area contributed by atoms with Gasteiger partial charge in [0.05, 0.1) is 12.2 Å². The van der Waals surface area contributed by atoms with Crippen LogP contribution in [0.4, 0.5) is 10.1 Å². The predicted octanol–water partition coefficient (Wildman–Crippen LogP) is 5.25. The van der Waals surface area contributed by atoms with E-state index in [1.54, 1.807) is 37.3 Å². The molecule has 1 heterocycles. The van der Waals surface area contributed by atoms with Crippen molar-refractivity contribution in [3.8, 4) is 11.5 Å². The van der Waals surface area contributed by atoms with Crippen molar-refractivity contribution in [3.05, 3.63) is 102 Å². The first-order chi connectivity index (χ1) is 15.1. The van der Waals surface area contributed by atoms with Crippen LogP contribution in [0.3, 0.4) is 0 Å². The molecule has 7 heteroatoms. The van der Waals surface area contributed by atoms with Crippen molar-refractivity contribution in [2.24, 2.45) is 0 Å². The molecule has 3 aromatic carbocycles. The second-order valence-corrected chi connectivity index (χ2v) is 6.74. The van der Waals surface area contributed by atoms with Crippen LogP contribution < -0.4 is 5.32 Å². The molecule has 4 rings (SSSR count). The van der Waals surface area contributed by atoms with Crippen molar-refractivity contribution in [2.45, 2.75) is 13.0 Å². The molecule has 4 aromatic rings. The highest BCUT2D eigenvalue weighted by molar-refractivity contribution is 5.90. The molecule has 0 aliphatic rings. The van der Waals surface area contributed by atoms with Crippen LogP contribution in [-0.4, -0.2) is 22.8 Å². The van der Waals surface area contributed by atoms with Crippen LogP contribution in [0.15, 0.2) is 83.3 Å². The summed E-state index contributed by atoms with van der Waals surface area (Å²) in [6.07, 6.45) is 0. The van der Waals surface area contributed by atoms with E-state index in [1.807, 2.05) is 36.4 Å². The van der Waals surface area contributed by atoms with Crippen LogP contribution in [0, 0.1) is 5.82 Å². The zero-order valence-corrected chi connectivity index (χ0v) is 16.8. The van der Waals surface area contributed by atoms with Crippen LogP contribution in [0.5, 0.6) is 0 Å². The number of nitrogens with one attached hydrogen (secondary N) is 1. The molecule has 0 radical (unpaired) electrons. The van der Waals surface area contributed by atoms with E-state index in [-0.39, 0.29) is 5.82 Å². The van der Waals surface area contributed by atoms with Gasteiger partial charge in [0, 0.05) is 11.3 Å². The number of anilines is 1. The summed E-state index contributed by atoms with van der Waals surface area (Å²) in [7, 11) is 0. The number of ether oxygens (including phenoxy) is 1. The van der Waals surface area contributed by atoms with Crippen molar-refractivity contribution >= 4 is 11.7 Å². The highest BCUT2D eigenvalue weighted by Crippen LogP contribution is 2.29. The number of nitrogens with zero attached hydrogens (tertiary/aromatic N) is 2. The van der Waals surface area contributed by atoms with Crippen molar-refractivity contribution in [3.63, 3.8) is 0 Å². The zero-order valence-electron chi connectivity index (χ0n) is 16.8. The number of hydrogen-bond acceptors (Lipinski definition) is 6. The van der Waals surface area contributed by atoms with Gasteiger partial charge in [-0.15, -0.1) is 10.2 Å². The molecule has 31 heavy (non-hydrogen) atoms. The zero-order chi connectivity index (χ0) is 21.6. The summed E-state index contributed by atoms with van der Waals surface area (Å²) in [6, 6.07) is 21.8. The number of esters is 1. The molecular formula is C24H20FN3O3. The molecular weight excluding hydrogens is 397 g/mol. The molecule has 6 nitrogen and oxygen atoms in total. The summed E-state index contributed by atoms with van der Waals surface area (Å²) in [6.45, 7) is 2.05. The number of hydrogen-bond donors (Lipinski definition) is 1. The average molecular weight is 417 g/mol. The predicted molar refractivity (Wildman–Crippen MR) is 114 cm³/mol. The molecule has 0 bridgehead atoms. The van der Waals surface area contributed by atoms with E-state index in [0.29, 0.717) is 29.6 Å². The van der Waals surface area contributed by atoms with Gasteiger partial charge in [-0.3, -0.25) is 0 Å². The lowest BCUT2D eigenvalue weighted by Gasteiger charge is -2.17. The van der Waals surface area contributed by atoms with Gasteiger partial charge < -0.3 is 14.5 Å². The Morgan fingerprint density at radius 1 is 1.03 bits per heavy atom. The topological polar surface area (TPSA) is 77.2 Å². The van der Waals surface area contributed by atoms with Crippen molar-refractivity contribution in [2.75, 3.05) is 11.9 Å². The molecule has 0 fully saturated rings. The van der Waals surface area contributed by atoms with Gasteiger partial charge in [0.15, 0.2) is 0 Å². The lowest BCUT2D eigenvalue weighted by molar-refractivity contribution is 0.0526. The highest BCUT2D eigenvalue weighted by Gasteiger charge is 2.22. The first kappa shape index (κ1) is 20.3. The van der Waals surface area contributed by atoms with Crippen LogP contribution in [0.2, 0.25) is 0 Å². The summed E-state index contributed by atoms with van der Waals surface area (Å²) in [4.78, 5) is 12.1. The van der Waals surface area contributed by atoms with Crippen molar-refractivity contribution in [1.29, 1.82) is 0 Å². The van der Waals surface area contributed by atoms with Crippen LogP contribution in [0.1, 0.15) is 34.8 Å². The molecule has 1 atom stereocenters. The third-order valence-electron chi connectivity index (χ3n) is 4.60. The minimum atomic E-state index is -0.553. The quantitative estimate of drug-likeness (QED) is 0.414.